The predicted molar refractivity (Wildman–Crippen MR) is 66.9 cm³/mol. The topological polar surface area (TPSA) is 29.3 Å². The lowest BCUT2D eigenvalue weighted by Gasteiger charge is -2.16. The fraction of sp³-hybridized carbons (Fsp3) is 0.400. The average molecular weight is 235 g/mol. The summed E-state index contributed by atoms with van der Waals surface area (Å²) in [7, 11) is 0. The highest BCUT2D eigenvalue weighted by Crippen LogP contribution is 2.29. The van der Waals surface area contributed by atoms with E-state index in [2.05, 4.69) is 24.0 Å². The van der Waals surface area contributed by atoms with Crippen LogP contribution in [0.4, 0.5) is 11.4 Å². The highest BCUT2D eigenvalue weighted by atomic mass is 35.5. The van der Waals surface area contributed by atoms with Crippen molar-refractivity contribution in [3.63, 3.8) is 0 Å². The minimum Gasteiger partial charge on any atom is -0.399 e. The van der Waals surface area contributed by atoms with E-state index in [0.29, 0.717) is 0 Å². The van der Waals surface area contributed by atoms with E-state index in [4.69, 9.17) is 5.73 Å². The van der Waals surface area contributed by atoms with Crippen molar-refractivity contribution in [3.8, 4) is 0 Å². The minimum absolute atomic E-state index is 0. The zero-order valence-corrected chi connectivity index (χ0v) is 9.83. The van der Waals surface area contributed by atoms with E-state index in [1.165, 1.54) is 17.7 Å². The third kappa shape index (κ3) is 2.25. The summed E-state index contributed by atoms with van der Waals surface area (Å²) in [5, 5.41) is 0. The van der Waals surface area contributed by atoms with Crippen LogP contribution in [0.25, 0.3) is 0 Å². The van der Waals surface area contributed by atoms with Gasteiger partial charge >= 0.3 is 0 Å². The summed E-state index contributed by atoms with van der Waals surface area (Å²) in [6, 6.07) is 6.20. The Kier molecular flexibility index (Phi) is 5.09. The molecule has 1 aromatic carbocycles. The van der Waals surface area contributed by atoms with Gasteiger partial charge in [-0.2, -0.15) is 0 Å². The first kappa shape index (κ1) is 13.4. The number of rotatable bonds is 1. The maximum atomic E-state index is 5.72. The van der Waals surface area contributed by atoms with Crippen molar-refractivity contribution in [3.05, 3.63) is 23.8 Å². The molecule has 0 saturated heterocycles. The number of nitrogen functional groups attached to an aromatic ring is 1. The van der Waals surface area contributed by atoms with Gasteiger partial charge in [-0.05, 0) is 31.0 Å². The van der Waals surface area contributed by atoms with Crippen LogP contribution in [0.15, 0.2) is 18.2 Å². The Bertz CT molecular complexity index is 302. The van der Waals surface area contributed by atoms with E-state index in [1.807, 2.05) is 6.07 Å². The number of nitrogens with zero attached hydrogens (tertiary/aromatic N) is 1. The molecule has 0 unspecified atom stereocenters. The number of fused-ring (bicyclic) bond motifs is 1. The monoisotopic (exact) mass is 234 g/mol. The molecule has 1 aliphatic heterocycles. The van der Waals surface area contributed by atoms with Crippen LogP contribution in [0, 0.1) is 0 Å². The third-order valence-electron chi connectivity index (χ3n) is 2.48. The second-order valence-electron chi connectivity index (χ2n) is 3.22. The van der Waals surface area contributed by atoms with Crippen molar-refractivity contribution in [2.45, 2.75) is 13.3 Å². The molecule has 0 radical (unpaired) electrons. The molecule has 2 N–H and O–H groups in total. The second-order valence-corrected chi connectivity index (χ2v) is 3.22. The summed E-state index contributed by atoms with van der Waals surface area (Å²) >= 11 is 0. The van der Waals surface area contributed by atoms with E-state index in [1.54, 1.807) is 0 Å². The number of benzene rings is 1. The van der Waals surface area contributed by atoms with Crippen LogP contribution in [-0.4, -0.2) is 13.1 Å². The summed E-state index contributed by atoms with van der Waals surface area (Å²) in [6.07, 6.45) is 1.17. The molecule has 1 aromatic rings. The molecular weight excluding hydrogens is 219 g/mol. The normalized spacial score (nSPS) is 12.8. The molecule has 0 atom stereocenters. The average Bonchev–Trinajstić information content (AvgIpc) is 2.46. The molecule has 0 amide bonds. The zero-order chi connectivity index (χ0) is 8.55. The van der Waals surface area contributed by atoms with Crippen molar-refractivity contribution < 1.29 is 0 Å². The lowest BCUT2D eigenvalue weighted by Crippen LogP contribution is -2.19. The summed E-state index contributed by atoms with van der Waals surface area (Å²) in [6.45, 7) is 4.41. The zero-order valence-electron chi connectivity index (χ0n) is 8.19. The second kappa shape index (κ2) is 5.32. The van der Waals surface area contributed by atoms with Crippen LogP contribution in [-0.2, 0) is 6.42 Å². The maximum absolute atomic E-state index is 5.72. The number of nitrogens with two attached hydrogens (primary N) is 1. The molecule has 14 heavy (non-hydrogen) atoms. The molecule has 4 heteroatoms. The SMILES string of the molecule is CCN1CCc2ccc(N)cc21.Cl.Cl. The third-order valence-corrected chi connectivity index (χ3v) is 2.48. The van der Waals surface area contributed by atoms with Gasteiger partial charge in [0.05, 0.1) is 0 Å². The van der Waals surface area contributed by atoms with Gasteiger partial charge in [-0.15, -0.1) is 24.8 Å². The quantitative estimate of drug-likeness (QED) is 0.758. The van der Waals surface area contributed by atoms with Crippen molar-refractivity contribution >= 4 is 36.2 Å². The first-order valence-electron chi connectivity index (χ1n) is 4.44. The van der Waals surface area contributed by atoms with Gasteiger partial charge < -0.3 is 10.6 Å². The number of hydrogen-bond acceptors (Lipinski definition) is 2. The Morgan fingerprint density at radius 1 is 1.36 bits per heavy atom. The number of anilines is 2. The first-order valence-corrected chi connectivity index (χ1v) is 4.44. The standard InChI is InChI=1S/C10H14N2.2ClH/c1-2-12-6-5-8-3-4-9(11)7-10(8)12;;/h3-4,7H,2,5-6,11H2,1H3;2*1H. The molecule has 0 fully saturated rings. The van der Waals surface area contributed by atoms with Crippen LogP contribution < -0.4 is 10.6 Å². The van der Waals surface area contributed by atoms with Gasteiger partial charge in [0.1, 0.15) is 0 Å². The van der Waals surface area contributed by atoms with Gasteiger partial charge in [0.25, 0.3) is 0 Å². The number of likely N-dealkylation sites (N-methyl/N-ethyl adjacent to an activating group) is 1. The Morgan fingerprint density at radius 2 is 2.07 bits per heavy atom. The van der Waals surface area contributed by atoms with Crippen molar-refractivity contribution in [1.29, 1.82) is 0 Å². The smallest absolute Gasteiger partial charge is 0.0420 e. The summed E-state index contributed by atoms with van der Waals surface area (Å²) in [4.78, 5) is 2.37. The summed E-state index contributed by atoms with van der Waals surface area (Å²) in [5.74, 6) is 0. The fourth-order valence-corrected chi connectivity index (χ4v) is 1.79. The molecule has 0 saturated carbocycles. The van der Waals surface area contributed by atoms with Crippen molar-refractivity contribution in [2.75, 3.05) is 23.7 Å². The van der Waals surface area contributed by atoms with Gasteiger partial charge in [-0.25, -0.2) is 0 Å². The van der Waals surface area contributed by atoms with Crippen molar-refractivity contribution in [2.24, 2.45) is 0 Å². The molecule has 2 rings (SSSR count). The summed E-state index contributed by atoms with van der Waals surface area (Å²) < 4.78 is 0. The van der Waals surface area contributed by atoms with Gasteiger partial charge in [0, 0.05) is 24.5 Å². The summed E-state index contributed by atoms with van der Waals surface area (Å²) in [5.41, 5.74) is 9.36. The lowest BCUT2D eigenvalue weighted by atomic mass is 10.1. The molecular formula is C10H16Cl2N2. The molecule has 1 aliphatic rings. The Labute approximate surface area is 97.3 Å². The molecule has 80 valence electrons. The lowest BCUT2D eigenvalue weighted by molar-refractivity contribution is 0.868. The van der Waals surface area contributed by atoms with E-state index < -0.39 is 0 Å². The largest absolute Gasteiger partial charge is 0.399 e. The Morgan fingerprint density at radius 3 is 2.71 bits per heavy atom. The van der Waals surface area contributed by atoms with Gasteiger partial charge in [0.2, 0.25) is 0 Å². The van der Waals surface area contributed by atoms with Crippen LogP contribution >= 0.6 is 24.8 Å². The molecule has 0 bridgehead atoms. The highest BCUT2D eigenvalue weighted by molar-refractivity contribution is 5.85. The Hall–Kier alpha value is -0.600. The van der Waals surface area contributed by atoms with Crippen LogP contribution in [0.2, 0.25) is 0 Å². The fourth-order valence-electron chi connectivity index (χ4n) is 1.79. The van der Waals surface area contributed by atoms with Crippen LogP contribution in [0.3, 0.4) is 0 Å². The molecule has 1 heterocycles. The van der Waals surface area contributed by atoms with Crippen LogP contribution in [0.1, 0.15) is 12.5 Å². The van der Waals surface area contributed by atoms with E-state index in [0.717, 1.165) is 18.8 Å². The first-order chi connectivity index (χ1) is 5.81. The van der Waals surface area contributed by atoms with E-state index in [9.17, 15) is 0 Å². The van der Waals surface area contributed by atoms with Crippen LogP contribution in [0.5, 0.6) is 0 Å². The minimum atomic E-state index is 0. The molecule has 0 aliphatic carbocycles. The van der Waals surface area contributed by atoms with Gasteiger partial charge in [-0.1, -0.05) is 6.07 Å². The maximum Gasteiger partial charge on any atom is 0.0420 e. The number of hydrogen-bond donors (Lipinski definition) is 1. The number of halogens is 2. The molecule has 0 aromatic heterocycles. The molecule has 0 spiro atoms. The van der Waals surface area contributed by atoms with E-state index in [-0.39, 0.29) is 24.8 Å². The van der Waals surface area contributed by atoms with E-state index >= 15 is 0 Å². The highest BCUT2D eigenvalue weighted by Gasteiger charge is 2.16. The van der Waals surface area contributed by atoms with Crippen molar-refractivity contribution in [1.82, 2.24) is 0 Å². The van der Waals surface area contributed by atoms with Gasteiger partial charge in [-0.3, -0.25) is 0 Å². The molecule has 2 nitrogen and oxygen atoms in total. The Balaban J connectivity index is 0.000000845. The predicted octanol–water partition coefficient (Wildman–Crippen LogP) is 2.49. The van der Waals surface area contributed by atoms with Gasteiger partial charge in [0.15, 0.2) is 0 Å².